The quantitative estimate of drug-likeness (QED) is 0.738. The molecule has 2 aromatic rings. The molecule has 0 aromatic carbocycles. The van der Waals surface area contributed by atoms with Gasteiger partial charge in [0.2, 0.25) is 0 Å². The molecule has 5 heteroatoms. The Morgan fingerprint density at radius 2 is 2.29 bits per heavy atom. The molecule has 0 saturated carbocycles. The van der Waals surface area contributed by atoms with Gasteiger partial charge in [0.25, 0.3) is 0 Å². The Hall–Kier alpha value is -1.62. The highest BCUT2D eigenvalue weighted by Crippen LogP contribution is 2.14. The lowest BCUT2D eigenvalue weighted by Crippen LogP contribution is -2.04. The van der Waals surface area contributed by atoms with Gasteiger partial charge in [-0.25, -0.2) is 9.97 Å². The molecular weight excluding hydrogens is 178 g/mol. The van der Waals surface area contributed by atoms with E-state index in [1.807, 2.05) is 24.7 Å². The predicted octanol–water partition coefficient (Wildman–Crippen LogP) is 0.830. The molecule has 5 nitrogen and oxygen atoms in total. The molecule has 2 rings (SSSR count). The summed E-state index contributed by atoms with van der Waals surface area (Å²) in [6.07, 6.45) is 5.39. The number of aromatic amines is 1. The number of aromatic nitrogens is 4. The second-order valence-corrected chi connectivity index (χ2v) is 3.40. The average Bonchev–Trinajstić information content (AvgIpc) is 2.70. The third-order valence-electron chi connectivity index (χ3n) is 2.03. The number of hydrogen-bond donors (Lipinski definition) is 2. The van der Waals surface area contributed by atoms with E-state index in [4.69, 9.17) is 5.73 Å². The lowest BCUT2D eigenvalue weighted by molar-refractivity contribution is 0.789. The largest absolute Gasteiger partial charge is 0.340 e. The van der Waals surface area contributed by atoms with E-state index in [1.54, 1.807) is 12.5 Å². The van der Waals surface area contributed by atoms with Gasteiger partial charge in [-0.1, -0.05) is 0 Å². The molecule has 0 saturated heterocycles. The monoisotopic (exact) mass is 191 g/mol. The molecule has 1 atom stereocenters. The van der Waals surface area contributed by atoms with Crippen LogP contribution in [0.2, 0.25) is 0 Å². The van der Waals surface area contributed by atoms with Crippen molar-refractivity contribution in [1.29, 1.82) is 0 Å². The maximum Gasteiger partial charge on any atom is 0.157 e. The molecule has 0 radical (unpaired) electrons. The predicted molar refractivity (Wildman–Crippen MR) is 53.4 cm³/mol. The molecule has 74 valence electrons. The molecule has 2 heterocycles. The fourth-order valence-electron chi connectivity index (χ4n) is 1.23. The molecule has 0 amide bonds. The summed E-state index contributed by atoms with van der Waals surface area (Å²) in [6.45, 7) is 1.91. The van der Waals surface area contributed by atoms with E-state index >= 15 is 0 Å². The van der Waals surface area contributed by atoms with Gasteiger partial charge in [0.1, 0.15) is 5.69 Å². The first-order valence-corrected chi connectivity index (χ1v) is 4.45. The zero-order valence-electron chi connectivity index (χ0n) is 8.23. The first-order valence-electron chi connectivity index (χ1n) is 4.45. The van der Waals surface area contributed by atoms with Gasteiger partial charge in [-0.2, -0.15) is 0 Å². The van der Waals surface area contributed by atoms with Crippen LogP contribution in [0, 0.1) is 0 Å². The summed E-state index contributed by atoms with van der Waals surface area (Å²) in [5.74, 6) is 0.762. The molecular formula is C9H13N5. The van der Waals surface area contributed by atoms with Crippen molar-refractivity contribution in [2.45, 2.75) is 13.0 Å². The van der Waals surface area contributed by atoms with E-state index in [9.17, 15) is 0 Å². The third kappa shape index (κ3) is 1.54. The second kappa shape index (κ2) is 3.26. The van der Waals surface area contributed by atoms with Crippen molar-refractivity contribution in [3.8, 4) is 11.5 Å². The van der Waals surface area contributed by atoms with Gasteiger partial charge in [0.15, 0.2) is 5.82 Å². The SMILES string of the molecule is CC(N)c1cnc(-c2cn(C)cn2)[nH]1. The van der Waals surface area contributed by atoms with Crippen LogP contribution < -0.4 is 5.73 Å². The van der Waals surface area contributed by atoms with Gasteiger partial charge in [0, 0.05) is 19.3 Å². The fraction of sp³-hybridized carbons (Fsp3) is 0.333. The van der Waals surface area contributed by atoms with Crippen LogP contribution in [0.3, 0.4) is 0 Å². The van der Waals surface area contributed by atoms with Crippen LogP contribution in [0.25, 0.3) is 11.5 Å². The number of nitrogens with zero attached hydrogens (tertiary/aromatic N) is 3. The second-order valence-electron chi connectivity index (χ2n) is 3.40. The minimum Gasteiger partial charge on any atom is -0.340 e. The summed E-state index contributed by atoms with van der Waals surface area (Å²) in [7, 11) is 1.92. The lowest BCUT2D eigenvalue weighted by Gasteiger charge is -1.98. The minimum absolute atomic E-state index is 0.0278. The fourth-order valence-corrected chi connectivity index (χ4v) is 1.23. The van der Waals surface area contributed by atoms with Crippen LogP contribution in [0.1, 0.15) is 18.7 Å². The van der Waals surface area contributed by atoms with Crippen molar-refractivity contribution < 1.29 is 0 Å². The number of rotatable bonds is 2. The molecule has 2 aromatic heterocycles. The highest BCUT2D eigenvalue weighted by Gasteiger charge is 2.07. The number of nitrogens with one attached hydrogen (secondary N) is 1. The standard InChI is InChI=1S/C9H13N5/c1-6(10)7-3-11-9(13-7)8-4-14(2)5-12-8/h3-6H,10H2,1-2H3,(H,11,13). The first-order chi connectivity index (χ1) is 6.66. The Morgan fingerprint density at radius 3 is 2.79 bits per heavy atom. The molecule has 0 bridgehead atoms. The normalized spacial score (nSPS) is 13.1. The first kappa shape index (κ1) is 8.96. The van der Waals surface area contributed by atoms with Gasteiger partial charge in [-0.05, 0) is 6.92 Å². The van der Waals surface area contributed by atoms with Crippen LogP contribution in [-0.2, 0) is 7.05 Å². The molecule has 14 heavy (non-hydrogen) atoms. The van der Waals surface area contributed by atoms with E-state index in [0.717, 1.165) is 17.2 Å². The summed E-state index contributed by atoms with van der Waals surface area (Å²) in [4.78, 5) is 11.5. The molecule has 0 aliphatic rings. The summed E-state index contributed by atoms with van der Waals surface area (Å²) >= 11 is 0. The van der Waals surface area contributed by atoms with Crippen LogP contribution in [0.5, 0.6) is 0 Å². The van der Waals surface area contributed by atoms with Crippen molar-refractivity contribution in [1.82, 2.24) is 19.5 Å². The topological polar surface area (TPSA) is 72.5 Å². The lowest BCUT2D eigenvalue weighted by atomic mass is 10.3. The molecule has 0 aliphatic carbocycles. The van der Waals surface area contributed by atoms with Crippen LogP contribution in [-0.4, -0.2) is 19.5 Å². The summed E-state index contributed by atoms with van der Waals surface area (Å²) < 4.78 is 1.88. The molecule has 0 aliphatic heterocycles. The number of nitrogens with two attached hydrogens (primary N) is 1. The maximum absolute atomic E-state index is 5.71. The number of imidazole rings is 2. The van der Waals surface area contributed by atoms with E-state index in [2.05, 4.69) is 15.0 Å². The molecule has 3 N–H and O–H groups in total. The third-order valence-corrected chi connectivity index (χ3v) is 2.03. The van der Waals surface area contributed by atoms with Crippen molar-refractivity contribution in [2.75, 3.05) is 0 Å². The van der Waals surface area contributed by atoms with E-state index in [0.29, 0.717) is 0 Å². The van der Waals surface area contributed by atoms with Gasteiger partial charge >= 0.3 is 0 Å². The Morgan fingerprint density at radius 1 is 1.50 bits per heavy atom. The summed E-state index contributed by atoms with van der Waals surface area (Å²) in [5, 5.41) is 0. The van der Waals surface area contributed by atoms with Crippen molar-refractivity contribution in [3.63, 3.8) is 0 Å². The molecule has 0 fully saturated rings. The van der Waals surface area contributed by atoms with Crippen molar-refractivity contribution in [3.05, 3.63) is 24.4 Å². The number of aryl methyl sites for hydroxylation is 1. The van der Waals surface area contributed by atoms with Gasteiger partial charge in [0.05, 0.1) is 18.2 Å². The Balaban J connectivity index is 2.33. The average molecular weight is 191 g/mol. The zero-order valence-corrected chi connectivity index (χ0v) is 8.23. The van der Waals surface area contributed by atoms with Crippen molar-refractivity contribution >= 4 is 0 Å². The van der Waals surface area contributed by atoms with Crippen molar-refractivity contribution in [2.24, 2.45) is 12.8 Å². The van der Waals surface area contributed by atoms with Gasteiger partial charge in [-0.15, -0.1) is 0 Å². The smallest absolute Gasteiger partial charge is 0.157 e. The van der Waals surface area contributed by atoms with E-state index in [-0.39, 0.29) is 6.04 Å². The number of hydrogen-bond acceptors (Lipinski definition) is 3. The highest BCUT2D eigenvalue weighted by molar-refractivity contribution is 5.47. The highest BCUT2D eigenvalue weighted by atomic mass is 15.0. The van der Waals surface area contributed by atoms with Gasteiger partial charge < -0.3 is 15.3 Å². The van der Waals surface area contributed by atoms with Crippen LogP contribution >= 0.6 is 0 Å². The summed E-state index contributed by atoms with van der Waals surface area (Å²) in [6, 6.07) is -0.0278. The molecule has 0 spiro atoms. The molecule has 1 unspecified atom stereocenters. The van der Waals surface area contributed by atoms with E-state index < -0.39 is 0 Å². The Kier molecular flexibility index (Phi) is 2.09. The van der Waals surface area contributed by atoms with Crippen LogP contribution in [0.15, 0.2) is 18.7 Å². The van der Waals surface area contributed by atoms with Gasteiger partial charge in [-0.3, -0.25) is 0 Å². The number of H-pyrrole nitrogens is 1. The Labute approximate surface area is 82.0 Å². The zero-order chi connectivity index (χ0) is 10.1. The maximum atomic E-state index is 5.71. The van der Waals surface area contributed by atoms with Crippen LogP contribution in [0.4, 0.5) is 0 Å². The van der Waals surface area contributed by atoms with E-state index in [1.165, 1.54) is 0 Å². The Bertz CT molecular complexity index is 426. The summed E-state index contributed by atoms with van der Waals surface area (Å²) in [5.41, 5.74) is 7.47. The minimum atomic E-state index is -0.0278.